The van der Waals surface area contributed by atoms with E-state index in [2.05, 4.69) is 16.9 Å². The van der Waals surface area contributed by atoms with E-state index in [0.717, 1.165) is 5.56 Å². The molecule has 1 atom stereocenters. The van der Waals surface area contributed by atoms with Crippen molar-refractivity contribution < 1.29 is 9.53 Å². The van der Waals surface area contributed by atoms with Gasteiger partial charge in [0.2, 0.25) is 5.91 Å². The predicted molar refractivity (Wildman–Crippen MR) is 57.2 cm³/mol. The van der Waals surface area contributed by atoms with Crippen molar-refractivity contribution in [2.75, 3.05) is 13.7 Å². The minimum atomic E-state index is -0.221. The highest BCUT2D eigenvalue weighted by Crippen LogP contribution is 2.11. The second-order valence-electron chi connectivity index (χ2n) is 3.01. The standard InChI is InChI=1S/C11H14N2O2/c1-3-11(14)13-10(8-15-2)9-5-4-6-12-7-9/h3-7,10H,1,8H2,2H3,(H,13,14)/t10-/m0/s1. The molecule has 80 valence electrons. The molecule has 0 saturated heterocycles. The molecule has 1 rings (SSSR count). The number of carbonyl (C=O) groups is 1. The Kier molecular flexibility index (Phi) is 4.50. The van der Waals surface area contributed by atoms with Gasteiger partial charge in [-0.15, -0.1) is 0 Å². The highest BCUT2D eigenvalue weighted by Gasteiger charge is 2.12. The van der Waals surface area contributed by atoms with Gasteiger partial charge in [-0.05, 0) is 17.7 Å². The van der Waals surface area contributed by atoms with Crippen LogP contribution in [0.1, 0.15) is 11.6 Å². The van der Waals surface area contributed by atoms with Gasteiger partial charge in [-0.2, -0.15) is 0 Å². The maximum absolute atomic E-state index is 11.2. The molecule has 1 N–H and O–H groups in total. The molecule has 1 aromatic rings. The minimum absolute atomic E-state index is 0.186. The Balaban J connectivity index is 2.74. The van der Waals surface area contributed by atoms with Crippen LogP contribution in [0.25, 0.3) is 0 Å². The third-order valence-electron chi connectivity index (χ3n) is 1.92. The molecule has 4 heteroatoms. The van der Waals surface area contributed by atoms with Crippen molar-refractivity contribution in [3.63, 3.8) is 0 Å². The predicted octanol–water partition coefficient (Wildman–Crippen LogP) is 1.07. The number of hydrogen-bond acceptors (Lipinski definition) is 3. The summed E-state index contributed by atoms with van der Waals surface area (Å²) < 4.78 is 5.03. The summed E-state index contributed by atoms with van der Waals surface area (Å²) >= 11 is 0. The van der Waals surface area contributed by atoms with Crippen LogP contribution in [0.15, 0.2) is 37.2 Å². The van der Waals surface area contributed by atoms with E-state index in [9.17, 15) is 4.79 Å². The number of amides is 1. The van der Waals surface area contributed by atoms with Gasteiger partial charge in [0.25, 0.3) is 0 Å². The molecule has 0 spiro atoms. The first-order valence-electron chi connectivity index (χ1n) is 4.59. The summed E-state index contributed by atoms with van der Waals surface area (Å²) in [5, 5.41) is 2.76. The van der Waals surface area contributed by atoms with Crippen molar-refractivity contribution >= 4 is 5.91 Å². The topological polar surface area (TPSA) is 51.2 Å². The molecule has 0 bridgehead atoms. The van der Waals surface area contributed by atoms with Crippen molar-refractivity contribution in [1.29, 1.82) is 0 Å². The maximum Gasteiger partial charge on any atom is 0.243 e. The average molecular weight is 206 g/mol. The molecule has 15 heavy (non-hydrogen) atoms. The number of nitrogens with zero attached hydrogens (tertiary/aromatic N) is 1. The molecule has 0 aliphatic carbocycles. The number of aromatic nitrogens is 1. The SMILES string of the molecule is C=CC(=O)N[C@@H](COC)c1cccnc1. The van der Waals surface area contributed by atoms with Gasteiger partial charge < -0.3 is 10.1 Å². The van der Waals surface area contributed by atoms with E-state index < -0.39 is 0 Å². The van der Waals surface area contributed by atoms with Gasteiger partial charge in [-0.25, -0.2) is 0 Å². The first-order valence-corrected chi connectivity index (χ1v) is 4.59. The summed E-state index contributed by atoms with van der Waals surface area (Å²) in [4.78, 5) is 15.2. The van der Waals surface area contributed by atoms with Crippen LogP contribution in [-0.2, 0) is 9.53 Å². The molecule has 1 heterocycles. The summed E-state index contributed by atoms with van der Waals surface area (Å²) in [6.07, 6.45) is 4.62. The van der Waals surface area contributed by atoms with Crippen molar-refractivity contribution in [3.05, 3.63) is 42.7 Å². The van der Waals surface area contributed by atoms with Gasteiger partial charge >= 0.3 is 0 Å². The van der Waals surface area contributed by atoms with Gasteiger partial charge in [0.1, 0.15) is 0 Å². The van der Waals surface area contributed by atoms with Crippen LogP contribution >= 0.6 is 0 Å². The van der Waals surface area contributed by atoms with E-state index in [4.69, 9.17) is 4.74 Å². The normalized spacial score (nSPS) is 11.8. The van der Waals surface area contributed by atoms with E-state index in [0.29, 0.717) is 6.61 Å². The summed E-state index contributed by atoms with van der Waals surface area (Å²) in [5.41, 5.74) is 0.912. The lowest BCUT2D eigenvalue weighted by molar-refractivity contribution is -0.117. The van der Waals surface area contributed by atoms with Crippen molar-refractivity contribution in [2.24, 2.45) is 0 Å². The molecule has 0 aliphatic heterocycles. The van der Waals surface area contributed by atoms with Gasteiger partial charge in [0, 0.05) is 19.5 Å². The highest BCUT2D eigenvalue weighted by atomic mass is 16.5. The lowest BCUT2D eigenvalue weighted by Crippen LogP contribution is -2.29. The fourth-order valence-electron chi connectivity index (χ4n) is 1.20. The average Bonchev–Trinajstić information content (AvgIpc) is 2.29. The van der Waals surface area contributed by atoms with Crippen LogP contribution in [0.5, 0.6) is 0 Å². The number of pyridine rings is 1. The number of carbonyl (C=O) groups excluding carboxylic acids is 1. The fraction of sp³-hybridized carbons (Fsp3) is 0.273. The molecule has 0 aliphatic rings. The second-order valence-corrected chi connectivity index (χ2v) is 3.01. The van der Waals surface area contributed by atoms with Crippen LogP contribution < -0.4 is 5.32 Å². The first-order chi connectivity index (χ1) is 7.27. The van der Waals surface area contributed by atoms with Gasteiger partial charge in [0.15, 0.2) is 0 Å². The largest absolute Gasteiger partial charge is 0.382 e. The van der Waals surface area contributed by atoms with E-state index in [1.165, 1.54) is 6.08 Å². The zero-order valence-corrected chi connectivity index (χ0v) is 8.64. The number of rotatable bonds is 5. The number of hydrogen-bond donors (Lipinski definition) is 1. The lowest BCUT2D eigenvalue weighted by Gasteiger charge is -2.16. The molecule has 0 fully saturated rings. The van der Waals surface area contributed by atoms with E-state index in [1.54, 1.807) is 19.5 Å². The van der Waals surface area contributed by atoms with E-state index in [-0.39, 0.29) is 11.9 Å². The van der Waals surface area contributed by atoms with Gasteiger partial charge in [-0.3, -0.25) is 9.78 Å². The van der Waals surface area contributed by atoms with Crippen molar-refractivity contribution in [3.8, 4) is 0 Å². The summed E-state index contributed by atoms with van der Waals surface area (Å²) in [6, 6.07) is 3.52. The maximum atomic E-state index is 11.2. The summed E-state index contributed by atoms with van der Waals surface area (Å²) in [6.45, 7) is 3.81. The molecular weight excluding hydrogens is 192 g/mol. The highest BCUT2D eigenvalue weighted by molar-refractivity contribution is 5.87. The van der Waals surface area contributed by atoms with Gasteiger partial charge in [-0.1, -0.05) is 12.6 Å². The number of nitrogens with one attached hydrogen (secondary N) is 1. The Morgan fingerprint density at radius 1 is 1.80 bits per heavy atom. The summed E-state index contributed by atoms with van der Waals surface area (Å²) in [5.74, 6) is -0.221. The first kappa shape index (κ1) is 11.4. The quantitative estimate of drug-likeness (QED) is 0.733. The van der Waals surface area contributed by atoms with Crippen LogP contribution in [0, 0.1) is 0 Å². The van der Waals surface area contributed by atoms with E-state index in [1.807, 2.05) is 12.1 Å². The molecule has 0 saturated carbocycles. The molecule has 1 amide bonds. The monoisotopic (exact) mass is 206 g/mol. The van der Waals surface area contributed by atoms with Gasteiger partial charge in [0.05, 0.1) is 12.6 Å². The zero-order chi connectivity index (χ0) is 11.1. The Morgan fingerprint density at radius 2 is 2.60 bits per heavy atom. The summed E-state index contributed by atoms with van der Waals surface area (Å²) in [7, 11) is 1.59. The van der Waals surface area contributed by atoms with Crippen LogP contribution in [0.4, 0.5) is 0 Å². The molecular formula is C11H14N2O2. The Morgan fingerprint density at radius 3 is 3.13 bits per heavy atom. The van der Waals surface area contributed by atoms with Crippen LogP contribution in [0.2, 0.25) is 0 Å². The Hall–Kier alpha value is -1.68. The molecule has 0 unspecified atom stereocenters. The van der Waals surface area contributed by atoms with Crippen LogP contribution in [0.3, 0.4) is 0 Å². The molecule has 4 nitrogen and oxygen atoms in total. The fourth-order valence-corrected chi connectivity index (χ4v) is 1.20. The number of ether oxygens (including phenoxy) is 1. The molecule has 0 aromatic carbocycles. The molecule has 1 aromatic heterocycles. The Bertz CT molecular complexity index is 325. The lowest BCUT2D eigenvalue weighted by atomic mass is 10.1. The number of methoxy groups -OCH3 is 1. The van der Waals surface area contributed by atoms with Crippen molar-refractivity contribution in [2.45, 2.75) is 6.04 Å². The Labute approximate surface area is 89.0 Å². The second kappa shape index (κ2) is 5.93. The minimum Gasteiger partial charge on any atom is -0.382 e. The third-order valence-corrected chi connectivity index (χ3v) is 1.92. The van der Waals surface area contributed by atoms with E-state index >= 15 is 0 Å². The zero-order valence-electron chi connectivity index (χ0n) is 8.64. The smallest absolute Gasteiger partial charge is 0.243 e. The molecule has 0 radical (unpaired) electrons. The van der Waals surface area contributed by atoms with Crippen LogP contribution in [-0.4, -0.2) is 24.6 Å². The third kappa shape index (κ3) is 3.52. The van der Waals surface area contributed by atoms with Crippen molar-refractivity contribution in [1.82, 2.24) is 10.3 Å².